The molecule has 0 spiro atoms. The van der Waals surface area contributed by atoms with E-state index in [-0.39, 0.29) is 0 Å². The highest BCUT2D eigenvalue weighted by Crippen LogP contribution is 2.26. The first-order valence-electron chi connectivity index (χ1n) is 8.92. The SMILES string of the molecule is CC.Cn1cc(-c2nn3c(Cc4ccc5ncccc5c4)cnc3s2)cn1. The molecule has 0 N–H and O–H groups in total. The number of fused-ring (bicyclic) bond motifs is 2. The van der Waals surface area contributed by atoms with Crippen LogP contribution >= 0.6 is 11.3 Å². The summed E-state index contributed by atoms with van der Waals surface area (Å²) < 4.78 is 3.71. The molecule has 136 valence electrons. The van der Waals surface area contributed by atoms with Crippen molar-refractivity contribution < 1.29 is 0 Å². The third-order valence-corrected chi connectivity index (χ3v) is 5.13. The summed E-state index contributed by atoms with van der Waals surface area (Å²) >= 11 is 1.58. The number of benzene rings is 1. The lowest BCUT2D eigenvalue weighted by molar-refractivity contribution is 0.768. The number of imidazole rings is 1. The Kier molecular flexibility index (Phi) is 4.68. The lowest BCUT2D eigenvalue weighted by atomic mass is 10.1. The van der Waals surface area contributed by atoms with E-state index in [4.69, 9.17) is 5.10 Å². The zero-order valence-electron chi connectivity index (χ0n) is 15.5. The molecule has 0 fully saturated rings. The Hall–Kier alpha value is -3.06. The maximum atomic E-state index is 4.72. The van der Waals surface area contributed by atoms with E-state index in [9.17, 15) is 0 Å². The highest BCUT2D eigenvalue weighted by molar-refractivity contribution is 7.19. The van der Waals surface area contributed by atoms with E-state index in [1.54, 1.807) is 16.0 Å². The van der Waals surface area contributed by atoms with Crippen LogP contribution < -0.4 is 0 Å². The number of aromatic nitrogens is 6. The van der Waals surface area contributed by atoms with Gasteiger partial charge in [0.15, 0.2) is 5.01 Å². The molecule has 6 nitrogen and oxygen atoms in total. The van der Waals surface area contributed by atoms with Gasteiger partial charge in [0, 0.05) is 31.2 Å². The van der Waals surface area contributed by atoms with Crippen LogP contribution in [-0.2, 0) is 13.5 Å². The Morgan fingerprint density at radius 3 is 2.78 bits per heavy atom. The van der Waals surface area contributed by atoms with Crippen molar-refractivity contribution in [1.82, 2.24) is 29.4 Å². The minimum atomic E-state index is 0.780. The van der Waals surface area contributed by atoms with Gasteiger partial charge in [-0.25, -0.2) is 9.50 Å². The van der Waals surface area contributed by atoms with Crippen LogP contribution in [0.2, 0.25) is 0 Å². The fourth-order valence-corrected chi connectivity index (χ4v) is 3.82. The van der Waals surface area contributed by atoms with E-state index in [0.717, 1.165) is 38.5 Å². The molecular formula is C20H20N6S. The van der Waals surface area contributed by atoms with E-state index in [2.05, 4.69) is 39.3 Å². The van der Waals surface area contributed by atoms with Gasteiger partial charge >= 0.3 is 0 Å². The second-order valence-electron chi connectivity index (χ2n) is 5.96. The molecule has 4 aromatic heterocycles. The van der Waals surface area contributed by atoms with Crippen molar-refractivity contribution in [3.8, 4) is 10.6 Å². The Labute approximate surface area is 161 Å². The molecule has 0 aliphatic carbocycles. The van der Waals surface area contributed by atoms with Gasteiger partial charge in [-0.15, -0.1) is 0 Å². The highest BCUT2D eigenvalue weighted by atomic mass is 32.1. The van der Waals surface area contributed by atoms with Crippen LogP contribution in [0, 0.1) is 0 Å². The predicted molar refractivity (Wildman–Crippen MR) is 109 cm³/mol. The average Bonchev–Trinajstić information content (AvgIpc) is 3.40. The van der Waals surface area contributed by atoms with Crippen LogP contribution in [0.4, 0.5) is 0 Å². The largest absolute Gasteiger partial charge is 0.275 e. The third-order valence-electron chi connectivity index (χ3n) is 4.16. The summed E-state index contributed by atoms with van der Waals surface area (Å²) in [5, 5.41) is 11.0. The zero-order chi connectivity index (χ0) is 18.8. The lowest BCUT2D eigenvalue weighted by Gasteiger charge is -2.02. The molecule has 5 aromatic rings. The van der Waals surface area contributed by atoms with Crippen LogP contribution in [0.5, 0.6) is 0 Å². The van der Waals surface area contributed by atoms with Gasteiger partial charge in [-0.1, -0.05) is 37.3 Å². The van der Waals surface area contributed by atoms with Crippen LogP contribution in [0.25, 0.3) is 26.4 Å². The molecule has 0 saturated heterocycles. The first-order valence-corrected chi connectivity index (χ1v) is 9.74. The first-order chi connectivity index (χ1) is 13.3. The second kappa shape index (κ2) is 7.28. The third kappa shape index (κ3) is 3.33. The summed E-state index contributed by atoms with van der Waals surface area (Å²) in [6, 6.07) is 10.4. The van der Waals surface area contributed by atoms with Crippen molar-refractivity contribution in [3.63, 3.8) is 0 Å². The smallest absolute Gasteiger partial charge is 0.212 e. The standard InChI is InChI=1S/C18H14N6S.C2H6/c1-23-11-14(9-21-23)17-22-24-15(10-20-18(24)25-17)8-12-4-5-16-13(7-12)3-2-6-19-16;1-2/h2-7,9-11H,8H2,1H3;1-2H3. The quantitative estimate of drug-likeness (QED) is 0.469. The van der Waals surface area contributed by atoms with Gasteiger partial charge < -0.3 is 0 Å². The lowest BCUT2D eigenvalue weighted by Crippen LogP contribution is -1.95. The Morgan fingerprint density at radius 1 is 1.07 bits per heavy atom. The van der Waals surface area contributed by atoms with Crippen molar-refractivity contribution in [2.45, 2.75) is 20.3 Å². The molecule has 0 radical (unpaired) electrons. The van der Waals surface area contributed by atoms with E-state index in [1.807, 2.05) is 56.3 Å². The minimum absolute atomic E-state index is 0.780. The van der Waals surface area contributed by atoms with Crippen molar-refractivity contribution in [1.29, 1.82) is 0 Å². The molecule has 0 amide bonds. The number of nitrogens with zero attached hydrogens (tertiary/aromatic N) is 6. The molecule has 7 heteroatoms. The van der Waals surface area contributed by atoms with E-state index in [0.29, 0.717) is 0 Å². The van der Waals surface area contributed by atoms with Crippen molar-refractivity contribution in [2.75, 3.05) is 0 Å². The molecular weight excluding hydrogens is 356 g/mol. The summed E-state index contributed by atoms with van der Waals surface area (Å²) in [5.74, 6) is 0. The predicted octanol–water partition coefficient (Wildman–Crippen LogP) is 4.36. The van der Waals surface area contributed by atoms with Gasteiger partial charge in [0.1, 0.15) is 0 Å². The van der Waals surface area contributed by atoms with Gasteiger partial charge in [-0.2, -0.15) is 10.2 Å². The summed E-state index contributed by atoms with van der Waals surface area (Å²) in [6.45, 7) is 4.00. The van der Waals surface area contributed by atoms with E-state index in [1.165, 1.54) is 5.56 Å². The molecule has 0 atom stereocenters. The first kappa shape index (κ1) is 17.4. The number of pyridine rings is 1. The highest BCUT2D eigenvalue weighted by Gasteiger charge is 2.13. The molecule has 5 rings (SSSR count). The molecule has 27 heavy (non-hydrogen) atoms. The zero-order valence-corrected chi connectivity index (χ0v) is 16.3. The molecule has 0 saturated carbocycles. The summed E-state index contributed by atoms with van der Waals surface area (Å²) in [4.78, 5) is 9.78. The summed E-state index contributed by atoms with van der Waals surface area (Å²) in [6.07, 6.45) is 8.29. The fraction of sp³-hybridized carbons (Fsp3) is 0.200. The topological polar surface area (TPSA) is 60.9 Å². The second-order valence-corrected chi connectivity index (χ2v) is 6.92. The van der Waals surface area contributed by atoms with E-state index < -0.39 is 0 Å². The molecule has 4 heterocycles. The van der Waals surface area contributed by atoms with Gasteiger partial charge in [-0.3, -0.25) is 9.67 Å². The maximum Gasteiger partial charge on any atom is 0.212 e. The van der Waals surface area contributed by atoms with Gasteiger partial charge in [0.25, 0.3) is 0 Å². The Balaban J connectivity index is 0.000000872. The normalized spacial score (nSPS) is 10.9. The van der Waals surface area contributed by atoms with Crippen molar-refractivity contribution >= 4 is 27.2 Å². The number of aryl methyl sites for hydroxylation is 1. The molecule has 1 aromatic carbocycles. The number of hydrogen-bond donors (Lipinski definition) is 0. The summed E-state index contributed by atoms with van der Waals surface area (Å²) in [7, 11) is 1.90. The van der Waals surface area contributed by atoms with Crippen molar-refractivity contribution in [3.05, 3.63) is 66.4 Å². The summed E-state index contributed by atoms with van der Waals surface area (Å²) in [5.41, 5.74) is 4.32. The number of hydrogen-bond acceptors (Lipinski definition) is 5. The van der Waals surface area contributed by atoms with Crippen LogP contribution in [0.3, 0.4) is 0 Å². The number of rotatable bonds is 3. The maximum absolute atomic E-state index is 4.72. The molecule has 0 unspecified atom stereocenters. The minimum Gasteiger partial charge on any atom is -0.275 e. The Bertz CT molecular complexity index is 1200. The van der Waals surface area contributed by atoms with Crippen LogP contribution in [0.1, 0.15) is 25.1 Å². The monoisotopic (exact) mass is 376 g/mol. The van der Waals surface area contributed by atoms with Gasteiger partial charge in [0.2, 0.25) is 4.96 Å². The van der Waals surface area contributed by atoms with Crippen molar-refractivity contribution in [2.24, 2.45) is 7.05 Å². The average molecular weight is 376 g/mol. The fourth-order valence-electron chi connectivity index (χ4n) is 2.95. The van der Waals surface area contributed by atoms with Crippen LogP contribution in [-0.4, -0.2) is 29.4 Å². The van der Waals surface area contributed by atoms with Gasteiger partial charge in [0.05, 0.1) is 29.2 Å². The molecule has 0 aliphatic heterocycles. The van der Waals surface area contributed by atoms with Crippen LogP contribution in [0.15, 0.2) is 55.1 Å². The molecule has 0 aliphatic rings. The van der Waals surface area contributed by atoms with E-state index >= 15 is 0 Å². The van der Waals surface area contributed by atoms with Gasteiger partial charge in [-0.05, 0) is 23.8 Å². The Morgan fingerprint density at radius 2 is 1.96 bits per heavy atom. The molecule has 0 bridgehead atoms.